The van der Waals surface area contributed by atoms with Gasteiger partial charge in [0.15, 0.2) is 5.69 Å². The number of nitrogens with zero attached hydrogens (tertiary/aromatic N) is 5. The Bertz CT molecular complexity index is 1070. The third-order valence-electron chi connectivity index (χ3n) is 7.12. The zero-order chi connectivity index (χ0) is 26.2. The average molecular weight is 502 g/mol. The molecule has 0 aliphatic carbocycles. The van der Waals surface area contributed by atoms with Crippen molar-refractivity contribution in [2.45, 2.75) is 53.2 Å². The number of carbonyl (C=O) groups is 1. The third-order valence-corrected chi connectivity index (χ3v) is 7.12. The van der Waals surface area contributed by atoms with E-state index in [0.29, 0.717) is 43.5 Å². The van der Waals surface area contributed by atoms with E-state index in [4.69, 9.17) is 4.74 Å². The second-order valence-corrected chi connectivity index (χ2v) is 9.62. The number of aliphatic hydroxyl groups is 1. The van der Waals surface area contributed by atoms with Gasteiger partial charge >= 0.3 is 0 Å². The normalized spacial score (nSPS) is 18.1. The van der Waals surface area contributed by atoms with E-state index in [-0.39, 0.29) is 17.2 Å². The van der Waals surface area contributed by atoms with Gasteiger partial charge in [0.2, 0.25) is 0 Å². The van der Waals surface area contributed by atoms with Gasteiger partial charge in [-0.25, -0.2) is 4.98 Å². The molecule has 2 aliphatic rings. The van der Waals surface area contributed by atoms with Gasteiger partial charge in [0.1, 0.15) is 0 Å². The van der Waals surface area contributed by atoms with Crippen LogP contribution in [0.1, 0.15) is 48.3 Å². The lowest BCUT2D eigenvalue weighted by Gasteiger charge is -2.32. The van der Waals surface area contributed by atoms with Crippen LogP contribution < -0.4 is 5.56 Å². The molecule has 1 aromatic carbocycles. The number of piperazine rings is 1. The van der Waals surface area contributed by atoms with Crippen LogP contribution in [-0.4, -0.2) is 107 Å². The topological polar surface area (TPSA) is 91.1 Å². The molecule has 0 spiro atoms. The third kappa shape index (κ3) is 6.91. The molecule has 2 aromatic rings. The minimum absolute atomic E-state index is 0.0249. The van der Waals surface area contributed by atoms with Gasteiger partial charge in [0.05, 0.1) is 30.4 Å². The molecule has 4 rings (SSSR count). The lowest BCUT2D eigenvalue weighted by Crippen LogP contribution is -2.48. The smallest absolute Gasteiger partial charge is 0.282 e. The predicted molar refractivity (Wildman–Crippen MR) is 143 cm³/mol. The number of carbonyl (C=O) groups excluding carboxylic acids is 1. The second-order valence-electron chi connectivity index (χ2n) is 9.62. The highest BCUT2D eigenvalue weighted by molar-refractivity contribution is 5.94. The Kier molecular flexibility index (Phi) is 10.4. The highest BCUT2D eigenvalue weighted by Crippen LogP contribution is 2.19. The number of amides is 1. The van der Waals surface area contributed by atoms with Gasteiger partial charge in [-0.05, 0) is 57.0 Å². The maximum atomic E-state index is 13.5. The molecule has 1 amide bonds. The summed E-state index contributed by atoms with van der Waals surface area (Å²) in [5.41, 5.74) is 3.08. The number of benzene rings is 1. The van der Waals surface area contributed by atoms with E-state index < -0.39 is 6.10 Å². The highest BCUT2D eigenvalue weighted by atomic mass is 16.5. The minimum atomic E-state index is -0.527. The molecule has 36 heavy (non-hydrogen) atoms. The van der Waals surface area contributed by atoms with Crippen molar-refractivity contribution < 1.29 is 14.6 Å². The number of aryl methyl sites for hydroxylation is 3. The van der Waals surface area contributed by atoms with Gasteiger partial charge in [0, 0.05) is 52.4 Å². The predicted octanol–water partition coefficient (Wildman–Crippen LogP) is 1.90. The summed E-state index contributed by atoms with van der Waals surface area (Å²) in [6.45, 7) is 15.1. The largest absolute Gasteiger partial charge is 0.393 e. The van der Waals surface area contributed by atoms with Crippen LogP contribution in [0.4, 0.5) is 0 Å². The Labute approximate surface area is 214 Å². The number of ether oxygens (including phenoxy) is 1. The standard InChI is InChI=1S/C25H37N5O4.C2H6/c1-18-16-21-22(17-19(18)2)30(7-5-20(31)4-6-28-12-14-34-15-13-28)25(33)23(26-21)24(32)29-10-8-27(3)9-11-29;1-2/h16-17,20,31H,4-15H2,1-3H3;1-2H3. The lowest BCUT2D eigenvalue weighted by atomic mass is 10.1. The molecule has 0 saturated carbocycles. The van der Waals surface area contributed by atoms with Crippen LogP contribution in [0.15, 0.2) is 16.9 Å². The first kappa shape index (κ1) is 28.2. The first-order valence-corrected chi connectivity index (χ1v) is 13.3. The first-order chi connectivity index (χ1) is 17.3. The van der Waals surface area contributed by atoms with Crippen LogP contribution in [-0.2, 0) is 11.3 Å². The summed E-state index contributed by atoms with van der Waals surface area (Å²) in [6.07, 6.45) is 0.558. The number of fused-ring (bicyclic) bond motifs is 1. The first-order valence-electron chi connectivity index (χ1n) is 13.3. The fraction of sp³-hybridized carbons (Fsp3) is 0.667. The molecule has 0 bridgehead atoms. The van der Waals surface area contributed by atoms with Gasteiger partial charge in [-0.2, -0.15) is 0 Å². The Morgan fingerprint density at radius 2 is 1.61 bits per heavy atom. The quantitative estimate of drug-likeness (QED) is 0.620. The van der Waals surface area contributed by atoms with E-state index >= 15 is 0 Å². The molecule has 9 nitrogen and oxygen atoms in total. The van der Waals surface area contributed by atoms with Crippen molar-refractivity contribution in [2.24, 2.45) is 0 Å². The fourth-order valence-electron chi connectivity index (χ4n) is 4.60. The van der Waals surface area contributed by atoms with Crippen LogP contribution in [0.2, 0.25) is 0 Å². The van der Waals surface area contributed by atoms with Gasteiger partial charge in [0.25, 0.3) is 11.5 Å². The molecule has 2 fully saturated rings. The highest BCUT2D eigenvalue weighted by Gasteiger charge is 2.26. The van der Waals surface area contributed by atoms with Gasteiger partial charge in [-0.15, -0.1) is 0 Å². The summed E-state index contributed by atoms with van der Waals surface area (Å²) >= 11 is 0. The van der Waals surface area contributed by atoms with Crippen molar-refractivity contribution in [3.8, 4) is 0 Å². The fourth-order valence-corrected chi connectivity index (χ4v) is 4.60. The summed E-state index contributed by atoms with van der Waals surface area (Å²) in [5.74, 6) is -0.306. The van der Waals surface area contributed by atoms with Crippen molar-refractivity contribution in [1.82, 2.24) is 24.3 Å². The molecule has 9 heteroatoms. The molecular formula is C27H43N5O4. The molecule has 2 aliphatic heterocycles. The van der Waals surface area contributed by atoms with Crippen LogP contribution in [0.3, 0.4) is 0 Å². The Morgan fingerprint density at radius 1 is 1.00 bits per heavy atom. The van der Waals surface area contributed by atoms with Gasteiger partial charge in [-0.1, -0.05) is 13.8 Å². The minimum Gasteiger partial charge on any atom is -0.393 e. The molecule has 1 atom stereocenters. The molecule has 2 saturated heterocycles. The summed E-state index contributed by atoms with van der Waals surface area (Å²) in [6, 6.07) is 3.90. The van der Waals surface area contributed by atoms with Gasteiger partial charge < -0.3 is 24.2 Å². The maximum Gasteiger partial charge on any atom is 0.282 e. The van der Waals surface area contributed by atoms with Crippen LogP contribution in [0.25, 0.3) is 11.0 Å². The summed E-state index contributed by atoms with van der Waals surface area (Å²) in [4.78, 5) is 37.5. The number of morpholine rings is 1. The molecule has 200 valence electrons. The van der Waals surface area contributed by atoms with Crippen molar-refractivity contribution in [2.75, 3.05) is 66.1 Å². The molecule has 1 aromatic heterocycles. The number of rotatable bonds is 7. The SMILES string of the molecule is CC.Cc1cc2nc(C(=O)N3CCN(C)CC3)c(=O)n(CCC(O)CCN3CCOCC3)c2cc1C. The summed E-state index contributed by atoms with van der Waals surface area (Å²) < 4.78 is 7.02. The number of hydrogen-bond donors (Lipinski definition) is 1. The number of aliphatic hydroxyl groups excluding tert-OH is 1. The zero-order valence-corrected chi connectivity index (χ0v) is 22.6. The Morgan fingerprint density at radius 3 is 2.28 bits per heavy atom. The van der Waals surface area contributed by atoms with Crippen molar-refractivity contribution in [3.05, 3.63) is 39.3 Å². The zero-order valence-electron chi connectivity index (χ0n) is 22.6. The Balaban J connectivity index is 0.00000176. The summed E-state index contributed by atoms with van der Waals surface area (Å²) in [7, 11) is 2.03. The lowest BCUT2D eigenvalue weighted by molar-refractivity contribution is 0.0292. The molecule has 1 unspecified atom stereocenters. The maximum absolute atomic E-state index is 13.5. The Hall–Kier alpha value is -2.33. The molecular weight excluding hydrogens is 458 g/mol. The van der Waals surface area contributed by atoms with Crippen LogP contribution in [0.5, 0.6) is 0 Å². The second kappa shape index (κ2) is 13.3. The van der Waals surface area contributed by atoms with Crippen molar-refractivity contribution in [3.63, 3.8) is 0 Å². The monoisotopic (exact) mass is 501 g/mol. The van der Waals surface area contributed by atoms with E-state index in [9.17, 15) is 14.7 Å². The van der Waals surface area contributed by atoms with Crippen molar-refractivity contribution in [1.29, 1.82) is 0 Å². The summed E-state index contributed by atoms with van der Waals surface area (Å²) in [5, 5.41) is 10.6. The van der Waals surface area contributed by atoms with E-state index in [1.165, 1.54) is 0 Å². The molecule has 3 heterocycles. The van der Waals surface area contributed by atoms with E-state index in [0.717, 1.165) is 57.1 Å². The number of likely N-dealkylation sites (N-methyl/N-ethyl adjacent to an activating group) is 1. The van der Waals surface area contributed by atoms with E-state index in [1.54, 1.807) is 9.47 Å². The van der Waals surface area contributed by atoms with E-state index in [1.807, 2.05) is 46.9 Å². The molecule has 1 N–H and O–H groups in total. The van der Waals surface area contributed by atoms with Gasteiger partial charge in [-0.3, -0.25) is 14.5 Å². The van der Waals surface area contributed by atoms with Crippen LogP contribution in [0, 0.1) is 13.8 Å². The number of hydrogen-bond acceptors (Lipinski definition) is 7. The number of aromatic nitrogens is 2. The van der Waals surface area contributed by atoms with Crippen LogP contribution >= 0.6 is 0 Å². The van der Waals surface area contributed by atoms with Crippen molar-refractivity contribution >= 4 is 16.9 Å². The molecule has 0 radical (unpaired) electrons. The van der Waals surface area contributed by atoms with E-state index in [2.05, 4.69) is 14.8 Å². The average Bonchev–Trinajstić information content (AvgIpc) is 2.89.